The zero-order valence-electron chi connectivity index (χ0n) is 16.6. The fraction of sp³-hybridized carbons (Fsp3) is 0.316. The van der Waals surface area contributed by atoms with E-state index in [0.717, 1.165) is 20.8 Å². The molecule has 10 heteroatoms. The summed E-state index contributed by atoms with van der Waals surface area (Å²) in [5, 5.41) is 0.463. The molecule has 154 valence electrons. The van der Waals surface area contributed by atoms with Gasteiger partial charge in [0.1, 0.15) is 11.3 Å². The van der Waals surface area contributed by atoms with Gasteiger partial charge >= 0.3 is 0 Å². The van der Waals surface area contributed by atoms with Crippen LogP contribution >= 0.6 is 11.3 Å². The van der Waals surface area contributed by atoms with Crippen molar-refractivity contribution in [3.05, 3.63) is 47.8 Å². The lowest BCUT2D eigenvalue weighted by Gasteiger charge is -2.22. The first-order valence-corrected chi connectivity index (χ1v) is 11.4. The standard InChI is InChI=1S/C19H22N4O4S2/c1-13-8-9-15(27-3)17-18(13)28-19(21-17)23(11-14-7-5-6-10-20-14)16(24)12-22(2)29(4,25)26/h5-10H,11-12H2,1-4H3. The highest BCUT2D eigenvalue weighted by molar-refractivity contribution is 7.88. The van der Waals surface area contributed by atoms with Gasteiger partial charge in [-0.1, -0.05) is 23.5 Å². The van der Waals surface area contributed by atoms with Gasteiger partial charge < -0.3 is 4.74 Å². The van der Waals surface area contributed by atoms with Crippen LogP contribution in [0.1, 0.15) is 11.3 Å². The van der Waals surface area contributed by atoms with Crippen molar-refractivity contribution in [2.45, 2.75) is 13.5 Å². The first-order chi connectivity index (χ1) is 13.7. The quantitative estimate of drug-likeness (QED) is 0.567. The minimum Gasteiger partial charge on any atom is -0.494 e. The third-order valence-electron chi connectivity index (χ3n) is 4.41. The molecule has 0 aliphatic carbocycles. The van der Waals surface area contributed by atoms with Gasteiger partial charge in [0.05, 0.1) is 36.8 Å². The Hall–Kier alpha value is -2.56. The van der Waals surface area contributed by atoms with Gasteiger partial charge in [-0.05, 0) is 30.7 Å². The number of hydrogen-bond donors (Lipinski definition) is 0. The third kappa shape index (κ3) is 4.72. The molecule has 1 amide bonds. The fourth-order valence-electron chi connectivity index (χ4n) is 2.69. The van der Waals surface area contributed by atoms with Crippen LogP contribution in [0.3, 0.4) is 0 Å². The van der Waals surface area contributed by atoms with Gasteiger partial charge in [0.15, 0.2) is 5.13 Å². The number of ether oxygens (including phenoxy) is 1. The molecule has 3 rings (SSSR count). The smallest absolute Gasteiger partial charge is 0.244 e. The second-order valence-corrected chi connectivity index (χ2v) is 9.65. The molecule has 0 saturated heterocycles. The number of aryl methyl sites for hydroxylation is 1. The number of anilines is 1. The Bertz CT molecular complexity index is 1130. The number of sulfonamides is 1. The van der Waals surface area contributed by atoms with Gasteiger partial charge in [-0.2, -0.15) is 4.31 Å². The Morgan fingerprint density at radius 3 is 2.62 bits per heavy atom. The summed E-state index contributed by atoms with van der Waals surface area (Å²) in [4.78, 5) is 23.4. The largest absolute Gasteiger partial charge is 0.494 e. The molecule has 0 fully saturated rings. The second kappa shape index (κ2) is 8.44. The molecule has 0 aliphatic rings. The summed E-state index contributed by atoms with van der Waals surface area (Å²) in [5.41, 5.74) is 2.36. The summed E-state index contributed by atoms with van der Waals surface area (Å²) in [6, 6.07) is 9.20. The lowest BCUT2D eigenvalue weighted by molar-refractivity contribution is -0.118. The van der Waals surface area contributed by atoms with Crippen LogP contribution in [0.2, 0.25) is 0 Å². The molecule has 1 aromatic carbocycles. The molecule has 0 bridgehead atoms. The molecule has 0 spiro atoms. The maximum atomic E-state index is 13.0. The van der Waals surface area contributed by atoms with E-state index < -0.39 is 10.0 Å². The maximum absolute atomic E-state index is 13.0. The number of carbonyl (C=O) groups is 1. The predicted molar refractivity (Wildman–Crippen MR) is 114 cm³/mol. The summed E-state index contributed by atoms with van der Waals surface area (Å²) in [7, 11) is -0.552. The van der Waals surface area contributed by atoms with Gasteiger partial charge in [-0.3, -0.25) is 14.7 Å². The lowest BCUT2D eigenvalue weighted by Crippen LogP contribution is -2.40. The molecule has 0 atom stereocenters. The molecule has 0 saturated carbocycles. The van der Waals surface area contributed by atoms with Crippen molar-refractivity contribution in [2.24, 2.45) is 0 Å². The summed E-state index contributed by atoms with van der Waals surface area (Å²) < 4.78 is 30.9. The number of pyridine rings is 1. The highest BCUT2D eigenvalue weighted by atomic mass is 32.2. The summed E-state index contributed by atoms with van der Waals surface area (Å²) in [6.07, 6.45) is 2.71. The number of aromatic nitrogens is 2. The zero-order valence-corrected chi connectivity index (χ0v) is 18.2. The van der Waals surface area contributed by atoms with Crippen molar-refractivity contribution in [2.75, 3.05) is 31.9 Å². The Kier molecular flexibility index (Phi) is 6.15. The van der Waals surface area contributed by atoms with E-state index in [4.69, 9.17) is 4.74 Å². The molecule has 3 aromatic rings. The van der Waals surface area contributed by atoms with E-state index in [0.29, 0.717) is 22.1 Å². The number of methoxy groups -OCH3 is 1. The molecule has 0 radical (unpaired) electrons. The van der Waals surface area contributed by atoms with Crippen molar-refractivity contribution in [1.82, 2.24) is 14.3 Å². The lowest BCUT2D eigenvalue weighted by atomic mass is 10.2. The minimum absolute atomic E-state index is 0.179. The molecule has 0 N–H and O–H groups in total. The number of benzene rings is 1. The maximum Gasteiger partial charge on any atom is 0.244 e. The van der Waals surface area contributed by atoms with E-state index in [1.165, 1.54) is 23.3 Å². The summed E-state index contributed by atoms with van der Waals surface area (Å²) in [6.45, 7) is 1.85. The van der Waals surface area contributed by atoms with Crippen LogP contribution in [0.4, 0.5) is 5.13 Å². The van der Waals surface area contributed by atoms with E-state index >= 15 is 0 Å². The molecule has 0 unspecified atom stereocenters. The van der Waals surface area contributed by atoms with Crippen molar-refractivity contribution in [1.29, 1.82) is 0 Å². The second-order valence-electron chi connectivity index (χ2n) is 6.58. The number of rotatable bonds is 7. The number of amides is 1. The molecule has 0 aliphatic heterocycles. The van der Waals surface area contributed by atoms with Crippen LogP contribution in [0, 0.1) is 6.92 Å². The van der Waals surface area contributed by atoms with E-state index in [2.05, 4.69) is 9.97 Å². The van der Waals surface area contributed by atoms with Crippen LogP contribution in [-0.2, 0) is 21.4 Å². The first kappa shape index (κ1) is 21.2. The predicted octanol–water partition coefficient (Wildman–Crippen LogP) is 2.43. The van der Waals surface area contributed by atoms with Crippen LogP contribution in [-0.4, -0.2) is 55.6 Å². The van der Waals surface area contributed by atoms with Crippen LogP contribution in [0.25, 0.3) is 10.2 Å². The SMILES string of the molecule is COc1ccc(C)c2sc(N(Cc3ccccn3)C(=O)CN(C)S(C)(=O)=O)nc12. The van der Waals surface area contributed by atoms with Gasteiger partial charge in [-0.25, -0.2) is 13.4 Å². The summed E-state index contributed by atoms with van der Waals surface area (Å²) in [5.74, 6) is 0.228. The topological polar surface area (TPSA) is 92.7 Å². The van der Waals surface area contributed by atoms with Crippen molar-refractivity contribution in [3.63, 3.8) is 0 Å². The highest BCUT2D eigenvalue weighted by Crippen LogP contribution is 2.36. The Morgan fingerprint density at radius 2 is 2.00 bits per heavy atom. The van der Waals surface area contributed by atoms with Gasteiger partial charge in [-0.15, -0.1) is 0 Å². The number of thiazole rings is 1. The number of hydrogen-bond acceptors (Lipinski definition) is 7. The molecule has 2 heterocycles. The number of carbonyl (C=O) groups excluding carboxylic acids is 1. The monoisotopic (exact) mass is 434 g/mol. The normalized spacial score (nSPS) is 11.8. The van der Waals surface area contributed by atoms with E-state index in [9.17, 15) is 13.2 Å². The van der Waals surface area contributed by atoms with E-state index in [1.54, 1.807) is 25.4 Å². The van der Waals surface area contributed by atoms with Crippen LogP contribution < -0.4 is 9.64 Å². The molecular weight excluding hydrogens is 412 g/mol. The van der Waals surface area contributed by atoms with Gasteiger partial charge in [0.2, 0.25) is 15.9 Å². The van der Waals surface area contributed by atoms with E-state index in [1.807, 2.05) is 25.1 Å². The fourth-order valence-corrected chi connectivity index (χ4v) is 4.10. The van der Waals surface area contributed by atoms with Crippen LogP contribution in [0.15, 0.2) is 36.5 Å². The number of nitrogens with zero attached hydrogens (tertiary/aromatic N) is 4. The molecule has 2 aromatic heterocycles. The average Bonchev–Trinajstić information content (AvgIpc) is 3.12. The number of fused-ring (bicyclic) bond motifs is 1. The Labute approximate surface area is 173 Å². The molecule has 29 heavy (non-hydrogen) atoms. The molecule has 8 nitrogen and oxygen atoms in total. The Morgan fingerprint density at radius 1 is 1.24 bits per heavy atom. The summed E-state index contributed by atoms with van der Waals surface area (Å²) >= 11 is 1.36. The van der Waals surface area contributed by atoms with Crippen LogP contribution in [0.5, 0.6) is 5.75 Å². The average molecular weight is 435 g/mol. The van der Waals surface area contributed by atoms with Gasteiger partial charge in [0, 0.05) is 13.2 Å². The minimum atomic E-state index is -3.50. The van der Waals surface area contributed by atoms with Crippen molar-refractivity contribution < 1.29 is 17.9 Å². The van der Waals surface area contributed by atoms with Crippen molar-refractivity contribution in [3.8, 4) is 5.75 Å². The number of likely N-dealkylation sites (N-methyl/N-ethyl adjacent to an activating group) is 1. The third-order valence-corrected chi connectivity index (χ3v) is 6.89. The van der Waals surface area contributed by atoms with Crippen molar-refractivity contribution >= 4 is 42.6 Å². The van der Waals surface area contributed by atoms with Gasteiger partial charge in [0.25, 0.3) is 0 Å². The van der Waals surface area contributed by atoms with E-state index in [-0.39, 0.29) is 19.0 Å². The Balaban J connectivity index is 2.04. The molecular formula is C19H22N4O4S2. The highest BCUT2D eigenvalue weighted by Gasteiger charge is 2.25. The first-order valence-electron chi connectivity index (χ1n) is 8.76. The zero-order chi connectivity index (χ0) is 21.2.